The Labute approximate surface area is 119 Å². The fourth-order valence-corrected chi connectivity index (χ4v) is 1.13. The van der Waals surface area contributed by atoms with E-state index >= 15 is 0 Å². The minimum atomic E-state index is -1.16. The van der Waals surface area contributed by atoms with Gasteiger partial charge in [-0.25, -0.2) is 9.59 Å². The molecule has 0 heterocycles. The van der Waals surface area contributed by atoms with Gasteiger partial charge in [0.15, 0.2) is 0 Å². The molecule has 0 saturated carbocycles. The number of carboxylic acids is 1. The molecule has 0 aliphatic rings. The number of amides is 1. The Hall–Kier alpha value is -1.85. The van der Waals surface area contributed by atoms with Gasteiger partial charge in [-0.1, -0.05) is 20.8 Å². The number of ether oxygens (including phenoxy) is 1. The van der Waals surface area contributed by atoms with Crippen molar-refractivity contribution in [2.75, 3.05) is 13.2 Å². The van der Waals surface area contributed by atoms with Gasteiger partial charge in [-0.05, 0) is 20.3 Å². The second-order valence-corrected chi connectivity index (χ2v) is 5.18. The molecule has 0 aromatic heterocycles. The molecule has 0 fully saturated rings. The zero-order valence-electron chi connectivity index (χ0n) is 12.7. The van der Waals surface area contributed by atoms with Crippen molar-refractivity contribution in [2.24, 2.45) is 5.41 Å². The Kier molecular flexibility index (Phi) is 6.96. The minimum absolute atomic E-state index is 0.00854. The number of carboxylic acid groups (broad SMARTS) is 1. The van der Waals surface area contributed by atoms with Crippen molar-refractivity contribution in [3.8, 4) is 0 Å². The van der Waals surface area contributed by atoms with Crippen LogP contribution in [0.15, 0.2) is 11.1 Å². The largest absolute Gasteiger partial charge is 0.478 e. The summed E-state index contributed by atoms with van der Waals surface area (Å²) >= 11 is 0. The van der Waals surface area contributed by atoms with Crippen LogP contribution in [0.1, 0.15) is 41.0 Å². The summed E-state index contributed by atoms with van der Waals surface area (Å²) in [5.74, 6) is -1.95. The van der Waals surface area contributed by atoms with E-state index in [4.69, 9.17) is 9.84 Å². The van der Waals surface area contributed by atoms with Crippen LogP contribution in [0.5, 0.6) is 0 Å². The molecule has 0 radical (unpaired) electrons. The first kappa shape index (κ1) is 18.1. The topological polar surface area (TPSA) is 92.7 Å². The summed E-state index contributed by atoms with van der Waals surface area (Å²) in [5, 5.41) is 11.4. The second kappa shape index (κ2) is 7.67. The number of hydrogen-bond donors (Lipinski definition) is 2. The molecule has 0 bridgehead atoms. The number of esters is 1. The number of carbonyl (C=O) groups is 3. The Balaban J connectivity index is 4.22. The molecule has 1 amide bonds. The molecule has 0 saturated heterocycles. The predicted molar refractivity (Wildman–Crippen MR) is 74.1 cm³/mol. The number of rotatable bonds is 7. The maximum atomic E-state index is 11.7. The summed E-state index contributed by atoms with van der Waals surface area (Å²) in [6, 6.07) is 0. The number of nitrogens with one attached hydrogen (secondary N) is 1. The van der Waals surface area contributed by atoms with Gasteiger partial charge in [0.1, 0.15) is 6.61 Å². The highest BCUT2D eigenvalue weighted by atomic mass is 16.5. The molecule has 6 nitrogen and oxygen atoms in total. The third-order valence-electron chi connectivity index (χ3n) is 3.31. The summed E-state index contributed by atoms with van der Waals surface area (Å²) in [7, 11) is 0. The lowest BCUT2D eigenvalue weighted by Crippen LogP contribution is -2.38. The van der Waals surface area contributed by atoms with Crippen molar-refractivity contribution in [2.45, 2.75) is 41.0 Å². The zero-order valence-corrected chi connectivity index (χ0v) is 12.7. The summed E-state index contributed by atoms with van der Waals surface area (Å²) in [6.45, 7) is 8.52. The van der Waals surface area contributed by atoms with E-state index < -0.39 is 17.4 Å². The van der Waals surface area contributed by atoms with Crippen molar-refractivity contribution < 1.29 is 24.2 Å². The van der Waals surface area contributed by atoms with E-state index in [0.717, 1.165) is 0 Å². The van der Waals surface area contributed by atoms with Crippen LogP contribution in [0.4, 0.5) is 0 Å². The van der Waals surface area contributed by atoms with Gasteiger partial charge >= 0.3 is 11.9 Å². The zero-order chi connectivity index (χ0) is 15.9. The SMILES string of the molecule is CCC(C)(C)C(=O)NCCOC(=O)/C(C)=C(/C)C(=O)O. The van der Waals surface area contributed by atoms with Gasteiger partial charge in [0, 0.05) is 16.6 Å². The Morgan fingerprint density at radius 1 is 1.15 bits per heavy atom. The van der Waals surface area contributed by atoms with Crippen LogP contribution in [0.3, 0.4) is 0 Å². The monoisotopic (exact) mass is 285 g/mol. The molecule has 0 unspecified atom stereocenters. The smallest absolute Gasteiger partial charge is 0.334 e. The number of hydrogen-bond acceptors (Lipinski definition) is 4. The van der Waals surface area contributed by atoms with Crippen LogP contribution >= 0.6 is 0 Å². The normalized spacial score (nSPS) is 12.4. The molecule has 0 aromatic carbocycles. The molecule has 0 aliphatic carbocycles. The summed E-state index contributed by atoms with van der Waals surface area (Å²) < 4.78 is 4.90. The Morgan fingerprint density at radius 2 is 1.70 bits per heavy atom. The maximum absolute atomic E-state index is 11.7. The molecule has 0 rings (SSSR count). The molecule has 0 aliphatic heterocycles. The lowest BCUT2D eigenvalue weighted by Gasteiger charge is -2.21. The Morgan fingerprint density at radius 3 is 2.15 bits per heavy atom. The highest BCUT2D eigenvalue weighted by Gasteiger charge is 2.24. The van der Waals surface area contributed by atoms with Gasteiger partial charge < -0.3 is 15.2 Å². The second-order valence-electron chi connectivity index (χ2n) is 5.18. The molecular formula is C14H23NO5. The van der Waals surface area contributed by atoms with Gasteiger partial charge in [0.05, 0.1) is 6.54 Å². The van der Waals surface area contributed by atoms with Crippen molar-refractivity contribution in [3.63, 3.8) is 0 Å². The first-order valence-corrected chi connectivity index (χ1v) is 6.49. The average molecular weight is 285 g/mol. The van der Waals surface area contributed by atoms with Crippen LogP contribution < -0.4 is 5.32 Å². The van der Waals surface area contributed by atoms with Gasteiger partial charge in [-0.2, -0.15) is 0 Å². The van der Waals surface area contributed by atoms with E-state index in [-0.39, 0.29) is 30.2 Å². The fourth-order valence-electron chi connectivity index (χ4n) is 1.13. The van der Waals surface area contributed by atoms with E-state index in [9.17, 15) is 14.4 Å². The van der Waals surface area contributed by atoms with E-state index in [1.165, 1.54) is 13.8 Å². The van der Waals surface area contributed by atoms with E-state index in [0.29, 0.717) is 6.42 Å². The quantitative estimate of drug-likeness (QED) is 0.420. The molecule has 2 N–H and O–H groups in total. The lowest BCUT2D eigenvalue weighted by atomic mass is 9.89. The van der Waals surface area contributed by atoms with Crippen LogP contribution in [0, 0.1) is 5.41 Å². The summed E-state index contributed by atoms with van der Waals surface area (Å²) in [5.41, 5.74) is -0.455. The van der Waals surface area contributed by atoms with Crippen molar-refractivity contribution >= 4 is 17.8 Å². The van der Waals surface area contributed by atoms with Gasteiger partial charge in [-0.3, -0.25) is 4.79 Å². The van der Waals surface area contributed by atoms with Crippen LogP contribution in [0.2, 0.25) is 0 Å². The fraction of sp³-hybridized carbons (Fsp3) is 0.643. The highest BCUT2D eigenvalue weighted by Crippen LogP contribution is 2.19. The van der Waals surface area contributed by atoms with E-state index in [1.807, 2.05) is 20.8 Å². The number of aliphatic carboxylic acids is 1. The van der Waals surface area contributed by atoms with Gasteiger partial charge in [-0.15, -0.1) is 0 Å². The minimum Gasteiger partial charge on any atom is -0.478 e. The maximum Gasteiger partial charge on any atom is 0.334 e. The predicted octanol–water partition coefficient (Wildman–Crippen LogP) is 1.50. The first-order valence-electron chi connectivity index (χ1n) is 6.49. The van der Waals surface area contributed by atoms with E-state index in [1.54, 1.807) is 0 Å². The van der Waals surface area contributed by atoms with Gasteiger partial charge in [0.2, 0.25) is 5.91 Å². The van der Waals surface area contributed by atoms with Crippen LogP contribution in [-0.2, 0) is 19.1 Å². The van der Waals surface area contributed by atoms with Crippen molar-refractivity contribution in [1.29, 1.82) is 0 Å². The molecule has 6 heteroatoms. The van der Waals surface area contributed by atoms with Crippen LogP contribution in [0.25, 0.3) is 0 Å². The summed E-state index contributed by atoms with van der Waals surface area (Å²) in [4.78, 5) is 33.9. The van der Waals surface area contributed by atoms with Gasteiger partial charge in [0.25, 0.3) is 0 Å². The van der Waals surface area contributed by atoms with Crippen molar-refractivity contribution in [1.82, 2.24) is 5.32 Å². The van der Waals surface area contributed by atoms with Crippen molar-refractivity contribution in [3.05, 3.63) is 11.1 Å². The highest BCUT2D eigenvalue weighted by molar-refractivity contribution is 5.98. The molecule has 0 aromatic rings. The molecule has 0 atom stereocenters. The molecule has 114 valence electrons. The standard InChI is InChI=1S/C14H23NO5/c1-6-14(4,5)13(19)15-7-8-20-12(18)10(3)9(2)11(16)17/h6-8H2,1-5H3,(H,15,19)(H,16,17)/b10-9-. The number of carbonyl (C=O) groups excluding carboxylic acids is 2. The lowest BCUT2D eigenvalue weighted by molar-refractivity contribution is -0.141. The average Bonchev–Trinajstić information content (AvgIpc) is 2.40. The molecular weight excluding hydrogens is 262 g/mol. The van der Waals surface area contributed by atoms with E-state index in [2.05, 4.69) is 5.32 Å². The first-order chi connectivity index (χ1) is 9.13. The van der Waals surface area contributed by atoms with Crippen LogP contribution in [-0.4, -0.2) is 36.1 Å². The molecule has 20 heavy (non-hydrogen) atoms. The Bertz CT molecular complexity index is 423. The summed E-state index contributed by atoms with van der Waals surface area (Å²) in [6.07, 6.45) is 0.707. The third kappa shape index (κ3) is 5.42. The third-order valence-corrected chi connectivity index (χ3v) is 3.31. The molecule has 0 spiro atoms.